The smallest absolute Gasteiger partial charge is 0.289 e. The SMILES string of the molecule is CCN(C)C(=O)C(C)Nc1ccc(C#N)c([N+](=O)[O-])c1. The second kappa shape index (κ2) is 6.52. The Labute approximate surface area is 117 Å². The number of nitro benzene ring substituents is 1. The van der Waals surface area contributed by atoms with E-state index in [1.54, 1.807) is 31.0 Å². The number of rotatable bonds is 5. The van der Waals surface area contributed by atoms with Gasteiger partial charge >= 0.3 is 0 Å². The van der Waals surface area contributed by atoms with E-state index in [1.807, 2.05) is 6.92 Å². The third-order valence-electron chi connectivity index (χ3n) is 2.92. The molecule has 0 aromatic heterocycles. The zero-order valence-corrected chi connectivity index (χ0v) is 11.6. The molecule has 0 aliphatic carbocycles. The molecule has 1 aromatic carbocycles. The summed E-state index contributed by atoms with van der Waals surface area (Å²) in [6.07, 6.45) is 0. The molecule has 1 rings (SSSR count). The number of nitro groups is 1. The Hall–Kier alpha value is -2.62. The van der Waals surface area contributed by atoms with Crippen molar-refractivity contribution in [1.29, 1.82) is 5.26 Å². The van der Waals surface area contributed by atoms with Crippen molar-refractivity contribution < 1.29 is 9.72 Å². The summed E-state index contributed by atoms with van der Waals surface area (Å²) in [5.41, 5.74) is 0.146. The van der Waals surface area contributed by atoms with Crippen molar-refractivity contribution in [3.8, 4) is 6.07 Å². The maximum absolute atomic E-state index is 11.9. The number of nitrogens with zero attached hydrogens (tertiary/aromatic N) is 3. The maximum Gasteiger partial charge on any atom is 0.289 e. The van der Waals surface area contributed by atoms with Crippen LogP contribution in [-0.2, 0) is 4.79 Å². The quantitative estimate of drug-likeness (QED) is 0.652. The van der Waals surface area contributed by atoms with Crippen LogP contribution in [0.3, 0.4) is 0 Å². The minimum atomic E-state index is -0.617. The number of hydrogen-bond donors (Lipinski definition) is 1. The van der Waals surface area contributed by atoms with Crippen LogP contribution in [0.25, 0.3) is 0 Å². The lowest BCUT2D eigenvalue weighted by Gasteiger charge is -2.21. The predicted molar refractivity (Wildman–Crippen MR) is 74.2 cm³/mol. The average Bonchev–Trinajstić information content (AvgIpc) is 2.45. The molecule has 1 N–H and O–H groups in total. The molecule has 0 saturated heterocycles. The number of anilines is 1. The molecule has 0 heterocycles. The van der Waals surface area contributed by atoms with E-state index in [0.717, 1.165) is 0 Å². The fraction of sp³-hybridized carbons (Fsp3) is 0.385. The summed E-state index contributed by atoms with van der Waals surface area (Å²) in [5.74, 6) is -0.112. The highest BCUT2D eigenvalue weighted by Crippen LogP contribution is 2.23. The lowest BCUT2D eigenvalue weighted by Crippen LogP contribution is -2.38. The van der Waals surface area contributed by atoms with Crippen LogP contribution in [0.2, 0.25) is 0 Å². The number of carbonyl (C=O) groups is 1. The summed E-state index contributed by atoms with van der Waals surface area (Å²) in [7, 11) is 1.68. The molecule has 0 aliphatic heterocycles. The minimum absolute atomic E-state index is 0.00907. The van der Waals surface area contributed by atoms with Crippen LogP contribution in [0.1, 0.15) is 19.4 Å². The number of benzene rings is 1. The number of nitrogens with one attached hydrogen (secondary N) is 1. The fourth-order valence-electron chi connectivity index (χ4n) is 1.67. The summed E-state index contributed by atoms with van der Waals surface area (Å²) < 4.78 is 0. The highest BCUT2D eigenvalue weighted by molar-refractivity contribution is 5.84. The standard InChI is InChI=1S/C13H16N4O3/c1-4-16(3)13(18)9(2)15-11-6-5-10(8-14)12(7-11)17(19)20/h5-7,9,15H,4H2,1-3H3. The van der Waals surface area contributed by atoms with Gasteiger partial charge < -0.3 is 10.2 Å². The molecule has 0 saturated carbocycles. The van der Waals surface area contributed by atoms with Crippen molar-refractivity contribution in [1.82, 2.24) is 4.90 Å². The summed E-state index contributed by atoms with van der Waals surface area (Å²) in [6.45, 7) is 4.12. The lowest BCUT2D eigenvalue weighted by atomic mass is 10.1. The Morgan fingerprint density at radius 2 is 2.25 bits per heavy atom. The second-order valence-electron chi connectivity index (χ2n) is 4.32. The van der Waals surface area contributed by atoms with Crippen LogP contribution in [0, 0.1) is 21.4 Å². The van der Waals surface area contributed by atoms with Crippen molar-refractivity contribution in [3.63, 3.8) is 0 Å². The molecule has 20 heavy (non-hydrogen) atoms. The van der Waals surface area contributed by atoms with E-state index in [9.17, 15) is 14.9 Å². The van der Waals surface area contributed by atoms with Crippen LogP contribution in [0.4, 0.5) is 11.4 Å². The van der Waals surface area contributed by atoms with Crippen LogP contribution in [0.5, 0.6) is 0 Å². The highest BCUT2D eigenvalue weighted by atomic mass is 16.6. The van der Waals surface area contributed by atoms with E-state index in [-0.39, 0.29) is 17.2 Å². The third-order valence-corrected chi connectivity index (χ3v) is 2.92. The van der Waals surface area contributed by atoms with Crippen molar-refractivity contribution >= 4 is 17.3 Å². The number of nitriles is 1. The Morgan fingerprint density at radius 3 is 2.75 bits per heavy atom. The van der Waals surface area contributed by atoms with Gasteiger partial charge in [-0.15, -0.1) is 0 Å². The molecule has 7 nitrogen and oxygen atoms in total. The van der Waals surface area contributed by atoms with Crippen LogP contribution < -0.4 is 5.32 Å². The van der Waals surface area contributed by atoms with Gasteiger partial charge in [-0.1, -0.05) is 0 Å². The first-order valence-corrected chi connectivity index (χ1v) is 6.10. The number of carbonyl (C=O) groups excluding carboxylic acids is 1. The van der Waals surface area contributed by atoms with Crippen molar-refractivity contribution in [2.45, 2.75) is 19.9 Å². The average molecular weight is 276 g/mol. The summed E-state index contributed by atoms with van der Waals surface area (Å²) in [4.78, 5) is 23.7. The molecule has 1 amide bonds. The van der Waals surface area contributed by atoms with E-state index in [1.165, 1.54) is 12.1 Å². The van der Waals surface area contributed by atoms with Crippen LogP contribution >= 0.6 is 0 Å². The predicted octanol–water partition coefficient (Wildman–Crippen LogP) is 1.75. The third kappa shape index (κ3) is 3.45. The minimum Gasteiger partial charge on any atom is -0.374 e. The van der Waals surface area contributed by atoms with E-state index >= 15 is 0 Å². The van der Waals surface area contributed by atoms with Gasteiger partial charge in [0.15, 0.2) is 0 Å². The van der Waals surface area contributed by atoms with E-state index in [2.05, 4.69) is 5.32 Å². The molecule has 1 unspecified atom stereocenters. The molecule has 0 bridgehead atoms. The molecule has 106 valence electrons. The van der Waals surface area contributed by atoms with Gasteiger partial charge in [-0.3, -0.25) is 14.9 Å². The van der Waals surface area contributed by atoms with Gasteiger partial charge in [0.2, 0.25) is 5.91 Å². The Morgan fingerprint density at radius 1 is 1.60 bits per heavy atom. The first-order chi connectivity index (χ1) is 9.40. The second-order valence-corrected chi connectivity index (χ2v) is 4.32. The Balaban J connectivity index is 2.94. The molecular formula is C13H16N4O3. The van der Waals surface area contributed by atoms with E-state index < -0.39 is 11.0 Å². The molecule has 1 atom stereocenters. The monoisotopic (exact) mass is 276 g/mol. The summed E-state index contributed by atoms with van der Waals surface area (Å²) in [6, 6.07) is 5.42. The van der Waals surface area contributed by atoms with Gasteiger partial charge in [0.25, 0.3) is 5.69 Å². The Bertz CT molecular complexity index is 565. The van der Waals surface area contributed by atoms with Gasteiger partial charge in [0.05, 0.1) is 4.92 Å². The summed E-state index contributed by atoms with van der Waals surface area (Å²) >= 11 is 0. The first kappa shape index (κ1) is 15.4. The molecule has 0 aliphatic rings. The highest BCUT2D eigenvalue weighted by Gasteiger charge is 2.19. The number of likely N-dealkylation sites (N-methyl/N-ethyl adjacent to an activating group) is 1. The molecule has 0 fully saturated rings. The summed E-state index contributed by atoms with van der Waals surface area (Å²) in [5, 5.41) is 22.6. The fourth-order valence-corrected chi connectivity index (χ4v) is 1.67. The van der Waals surface area contributed by atoms with Crippen molar-refractivity contribution in [3.05, 3.63) is 33.9 Å². The largest absolute Gasteiger partial charge is 0.374 e. The van der Waals surface area contributed by atoms with Crippen molar-refractivity contribution in [2.24, 2.45) is 0 Å². The zero-order chi connectivity index (χ0) is 15.3. The lowest BCUT2D eigenvalue weighted by molar-refractivity contribution is -0.385. The van der Waals surface area contributed by atoms with Gasteiger partial charge in [-0.05, 0) is 26.0 Å². The maximum atomic E-state index is 11.9. The van der Waals surface area contributed by atoms with Crippen molar-refractivity contribution in [2.75, 3.05) is 18.9 Å². The first-order valence-electron chi connectivity index (χ1n) is 6.10. The molecule has 0 spiro atoms. The number of amides is 1. The Kier molecular flexibility index (Phi) is 5.03. The van der Waals surface area contributed by atoms with Gasteiger partial charge in [0.1, 0.15) is 17.7 Å². The molecule has 7 heteroatoms. The molecule has 1 aromatic rings. The zero-order valence-electron chi connectivity index (χ0n) is 11.6. The van der Waals surface area contributed by atoms with Crippen LogP contribution in [-0.4, -0.2) is 35.4 Å². The van der Waals surface area contributed by atoms with Crippen LogP contribution in [0.15, 0.2) is 18.2 Å². The topological polar surface area (TPSA) is 99.3 Å². The van der Waals surface area contributed by atoms with Gasteiger partial charge in [-0.2, -0.15) is 5.26 Å². The number of hydrogen-bond acceptors (Lipinski definition) is 5. The van der Waals surface area contributed by atoms with Gasteiger partial charge in [0, 0.05) is 25.3 Å². The van der Waals surface area contributed by atoms with E-state index in [4.69, 9.17) is 5.26 Å². The molecular weight excluding hydrogens is 260 g/mol. The normalized spacial score (nSPS) is 11.3. The van der Waals surface area contributed by atoms with Gasteiger partial charge in [-0.25, -0.2) is 0 Å². The molecule has 0 radical (unpaired) electrons. The van der Waals surface area contributed by atoms with E-state index in [0.29, 0.717) is 12.2 Å².